The summed E-state index contributed by atoms with van der Waals surface area (Å²) in [6, 6.07) is 16.9. The third-order valence-electron chi connectivity index (χ3n) is 4.07. The van der Waals surface area contributed by atoms with Crippen molar-refractivity contribution in [3.05, 3.63) is 65.7 Å². The molecule has 3 rings (SSSR count). The molecule has 0 saturated carbocycles. The van der Waals surface area contributed by atoms with Crippen LogP contribution in [0, 0.1) is 6.92 Å². The van der Waals surface area contributed by atoms with E-state index < -0.39 is 0 Å². The second kappa shape index (κ2) is 8.22. The molecular formula is C21H21N3O2S. The topological polar surface area (TPSA) is 62.3 Å². The number of benzene rings is 2. The number of aromatic nitrogens is 1. The van der Waals surface area contributed by atoms with Gasteiger partial charge in [-0.25, -0.2) is 4.98 Å². The van der Waals surface area contributed by atoms with E-state index in [0.717, 1.165) is 21.5 Å². The molecule has 0 unspecified atom stereocenters. The van der Waals surface area contributed by atoms with Crippen LogP contribution in [-0.4, -0.2) is 41.5 Å². The number of anilines is 1. The van der Waals surface area contributed by atoms with Gasteiger partial charge in [-0.2, -0.15) is 0 Å². The van der Waals surface area contributed by atoms with Gasteiger partial charge in [0.25, 0.3) is 5.91 Å². The summed E-state index contributed by atoms with van der Waals surface area (Å²) < 4.78 is 0. The summed E-state index contributed by atoms with van der Waals surface area (Å²) in [6.07, 6.45) is 0. The van der Waals surface area contributed by atoms with Gasteiger partial charge in [0.2, 0.25) is 5.91 Å². The highest BCUT2D eigenvalue weighted by Gasteiger charge is 2.09. The van der Waals surface area contributed by atoms with Gasteiger partial charge in [-0.1, -0.05) is 30.0 Å². The van der Waals surface area contributed by atoms with Crippen molar-refractivity contribution in [2.75, 3.05) is 25.2 Å². The van der Waals surface area contributed by atoms with Crippen LogP contribution in [0.25, 0.3) is 10.9 Å². The minimum Gasteiger partial charge on any atom is -0.345 e. The summed E-state index contributed by atoms with van der Waals surface area (Å²) in [7, 11) is 3.41. The van der Waals surface area contributed by atoms with Crippen molar-refractivity contribution in [2.24, 2.45) is 0 Å². The van der Waals surface area contributed by atoms with Crippen LogP contribution in [0.2, 0.25) is 0 Å². The van der Waals surface area contributed by atoms with Crippen molar-refractivity contribution in [3.63, 3.8) is 0 Å². The molecule has 27 heavy (non-hydrogen) atoms. The van der Waals surface area contributed by atoms with Crippen LogP contribution in [0.1, 0.15) is 15.9 Å². The molecule has 2 amide bonds. The van der Waals surface area contributed by atoms with Crippen LogP contribution in [0.3, 0.4) is 0 Å². The van der Waals surface area contributed by atoms with Gasteiger partial charge in [-0.3, -0.25) is 9.59 Å². The molecule has 6 heteroatoms. The quantitative estimate of drug-likeness (QED) is 0.681. The van der Waals surface area contributed by atoms with E-state index in [0.29, 0.717) is 11.3 Å². The SMILES string of the molecule is Cc1cc(SCC(=O)Nc2ccc(C(=O)N(C)C)cc2)nc2ccccc12. The lowest BCUT2D eigenvalue weighted by Gasteiger charge is -2.11. The van der Waals surface area contributed by atoms with Crippen molar-refractivity contribution < 1.29 is 9.59 Å². The van der Waals surface area contributed by atoms with Crippen LogP contribution < -0.4 is 5.32 Å². The first-order valence-corrected chi connectivity index (χ1v) is 9.53. The lowest BCUT2D eigenvalue weighted by Crippen LogP contribution is -2.21. The van der Waals surface area contributed by atoms with Crippen molar-refractivity contribution >= 4 is 40.2 Å². The number of thioether (sulfide) groups is 1. The van der Waals surface area contributed by atoms with E-state index in [-0.39, 0.29) is 17.6 Å². The summed E-state index contributed by atoms with van der Waals surface area (Å²) in [5, 5.41) is 4.80. The summed E-state index contributed by atoms with van der Waals surface area (Å²) in [6.45, 7) is 2.05. The Morgan fingerprint density at radius 2 is 1.78 bits per heavy atom. The van der Waals surface area contributed by atoms with Gasteiger partial charge >= 0.3 is 0 Å². The lowest BCUT2D eigenvalue weighted by molar-refractivity contribution is -0.113. The third-order valence-corrected chi connectivity index (χ3v) is 4.98. The number of nitrogens with one attached hydrogen (secondary N) is 1. The zero-order valence-electron chi connectivity index (χ0n) is 15.5. The fourth-order valence-electron chi connectivity index (χ4n) is 2.68. The molecule has 0 aliphatic carbocycles. The number of para-hydroxylation sites is 1. The first kappa shape index (κ1) is 18.9. The molecule has 3 aromatic rings. The van der Waals surface area contributed by atoms with Crippen LogP contribution in [0.5, 0.6) is 0 Å². The molecule has 0 aliphatic rings. The molecule has 0 radical (unpaired) electrons. The van der Waals surface area contributed by atoms with E-state index in [9.17, 15) is 9.59 Å². The van der Waals surface area contributed by atoms with Crippen molar-refractivity contribution in [1.29, 1.82) is 0 Å². The lowest BCUT2D eigenvalue weighted by atomic mass is 10.1. The predicted octanol–water partition coefficient (Wildman–Crippen LogP) is 3.98. The monoisotopic (exact) mass is 379 g/mol. The number of aryl methyl sites for hydroxylation is 1. The molecule has 1 heterocycles. The minimum absolute atomic E-state index is 0.0684. The van der Waals surface area contributed by atoms with Crippen molar-refractivity contribution in [1.82, 2.24) is 9.88 Å². The Hall–Kier alpha value is -2.86. The molecule has 1 N–H and O–H groups in total. The van der Waals surface area contributed by atoms with Gasteiger partial charge in [0.05, 0.1) is 16.3 Å². The zero-order valence-corrected chi connectivity index (χ0v) is 16.3. The number of hydrogen-bond donors (Lipinski definition) is 1. The number of pyridine rings is 1. The normalized spacial score (nSPS) is 10.6. The number of nitrogens with zero attached hydrogens (tertiary/aromatic N) is 2. The summed E-state index contributed by atoms with van der Waals surface area (Å²) in [5.41, 5.74) is 3.33. The van der Waals surface area contributed by atoms with E-state index in [2.05, 4.69) is 10.3 Å². The maximum atomic E-state index is 12.2. The van der Waals surface area contributed by atoms with Gasteiger partial charge < -0.3 is 10.2 Å². The average Bonchev–Trinajstić information content (AvgIpc) is 2.66. The summed E-state index contributed by atoms with van der Waals surface area (Å²) in [5.74, 6) is 0.0869. The molecular weight excluding hydrogens is 358 g/mol. The highest BCUT2D eigenvalue weighted by Crippen LogP contribution is 2.23. The van der Waals surface area contributed by atoms with Crippen LogP contribution in [0.15, 0.2) is 59.6 Å². The van der Waals surface area contributed by atoms with E-state index >= 15 is 0 Å². The number of rotatable bonds is 5. The van der Waals surface area contributed by atoms with Crippen LogP contribution >= 0.6 is 11.8 Å². The summed E-state index contributed by atoms with van der Waals surface area (Å²) in [4.78, 5) is 30.2. The molecule has 0 atom stereocenters. The van der Waals surface area contributed by atoms with Crippen molar-refractivity contribution in [2.45, 2.75) is 11.9 Å². The Balaban J connectivity index is 1.61. The van der Waals surface area contributed by atoms with Crippen LogP contribution in [-0.2, 0) is 4.79 Å². The molecule has 0 aliphatic heterocycles. The molecule has 0 saturated heterocycles. The van der Waals surface area contributed by atoms with Gasteiger partial charge in [0, 0.05) is 30.7 Å². The molecule has 0 fully saturated rings. The summed E-state index contributed by atoms with van der Waals surface area (Å²) >= 11 is 1.40. The highest BCUT2D eigenvalue weighted by molar-refractivity contribution is 7.99. The van der Waals surface area contributed by atoms with Gasteiger partial charge in [-0.05, 0) is 48.9 Å². The fraction of sp³-hybridized carbons (Fsp3) is 0.190. The second-order valence-electron chi connectivity index (χ2n) is 6.41. The molecule has 5 nitrogen and oxygen atoms in total. The predicted molar refractivity (Wildman–Crippen MR) is 110 cm³/mol. The van der Waals surface area contributed by atoms with Gasteiger partial charge in [0.15, 0.2) is 0 Å². The van der Waals surface area contributed by atoms with E-state index in [1.54, 1.807) is 38.4 Å². The second-order valence-corrected chi connectivity index (χ2v) is 7.40. The van der Waals surface area contributed by atoms with Gasteiger partial charge in [0.1, 0.15) is 0 Å². The zero-order chi connectivity index (χ0) is 19.4. The average molecular weight is 379 g/mol. The Labute approximate surface area is 162 Å². The molecule has 1 aromatic heterocycles. The number of amides is 2. The highest BCUT2D eigenvalue weighted by atomic mass is 32.2. The van der Waals surface area contributed by atoms with Crippen LogP contribution in [0.4, 0.5) is 5.69 Å². The largest absolute Gasteiger partial charge is 0.345 e. The third kappa shape index (κ3) is 4.65. The molecule has 2 aromatic carbocycles. The maximum absolute atomic E-state index is 12.2. The number of carbonyl (C=O) groups excluding carboxylic acids is 2. The molecule has 0 bridgehead atoms. The Morgan fingerprint density at radius 3 is 2.48 bits per heavy atom. The fourth-order valence-corrected chi connectivity index (χ4v) is 3.46. The number of hydrogen-bond acceptors (Lipinski definition) is 4. The number of fused-ring (bicyclic) bond motifs is 1. The van der Waals surface area contributed by atoms with Crippen molar-refractivity contribution in [3.8, 4) is 0 Å². The smallest absolute Gasteiger partial charge is 0.253 e. The van der Waals surface area contributed by atoms with E-state index in [1.807, 2.05) is 37.3 Å². The number of carbonyl (C=O) groups is 2. The maximum Gasteiger partial charge on any atom is 0.253 e. The Bertz CT molecular complexity index is 984. The van der Waals surface area contributed by atoms with E-state index in [4.69, 9.17) is 0 Å². The molecule has 138 valence electrons. The van der Waals surface area contributed by atoms with E-state index in [1.165, 1.54) is 16.7 Å². The minimum atomic E-state index is -0.112. The first-order valence-electron chi connectivity index (χ1n) is 8.55. The standard InChI is InChI=1S/C21H21N3O2S/c1-14-12-20(23-18-7-5-4-6-17(14)18)27-13-19(25)22-16-10-8-15(9-11-16)21(26)24(2)3/h4-12H,13H2,1-3H3,(H,22,25). The first-order chi connectivity index (χ1) is 12.9. The molecule has 0 spiro atoms. The Kier molecular flexibility index (Phi) is 5.76. The Morgan fingerprint density at radius 1 is 1.07 bits per heavy atom. The van der Waals surface area contributed by atoms with Gasteiger partial charge in [-0.15, -0.1) is 0 Å².